The van der Waals surface area contributed by atoms with Crippen LogP contribution in [0.15, 0.2) is 91.5 Å². The molecule has 0 saturated carbocycles. The molecule has 0 heterocycles. The SMILES string of the molecule is O=[N+]([O-])c1ccc(C(Sc2ccc(Br)cc2)Sc2ccc(Br)cc2)cc1. The maximum Gasteiger partial charge on any atom is 0.269 e. The van der Waals surface area contributed by atoms with E-state index in [2.05, 4.69) is 56.1 Å². The summed E-state index contributed by atoms with van der Waals surface area (Å²) in [5.41, 5.74) is 1.14. The number of non-ortho nitro benzene ring substituents is 1. The highest BCUT2D eigenvalue weighted by Crippen LogP contribution is 2.47. The van der Waals surface area contributed by atoms with E-state index in [4.69, 9.17) is 0 Å². The fourth-order valence-corrected chi connectivity index (χ4v) is 5.24. The van der Waals surface area contributed by atoms with E-state index in [1.807, 2.05) is 36.4 Å². The van der Waals surface area contributed by atoms with E-state index in [-0.39, 0.29) is 15.2 Å². The fraction of sp³-hybridized carbons (Fsp3) is 0.0526. The van der Waals surface area contributed by atoms with Crippen molar-refractivity contribution in [2.24, 2.45) is 0 Å². The Kier molecular flexibility index (Phi) is 6.80. The first-order valence-corrected chi connectivity index (χ1v) is 10.9. The molecule has 3 aromatic carbocycles. The minimum absolute atomic E-state index is 0.0816. The zero-order valence-electron chi connectivity index (χ0n) is 13.3. The molecular weight excluding hydrogens is 498 g/mol. The molecule has 0 unspecified atom stereocenters. The lowest BCUT2D eigenvalue weighted by Gasteiger charge is -2.17. The van der Waals surface area contributed by atoms with Crippen LogP contribution >= 0.6 is 55.4 Å². The number of halogens is 2. The molecule has 3 aromatic rings. The predicted octanol–water partition coefficient (Wildman–Crippen LogP) is 7.70. The summed E-state index contributed by atoms with van der Waals surface area (Å²) in [6.45, 7) is 0. The largest absolute Gasteiger partial charge is 0.269 e. The van der Waals surface area contributed by atoms with Crippen LogP contribution in [0.3, 0.4) is 0 Å². The molecule has 0 aromatic heterocycles. The van der Waals surface area contributed by atoms with Crippen molar-refractivity contribution in [2.75, 3.05) is 0 Å². The molecule has 0 atom stereocenters. The van der Waals surface area contributed by atoms with Gasteiger partial charge in [-0.15, -0.1) is 23.5 Å². The van der Waals surface area contributed by atoms with E-state index in [1.54, 1.807) is 35.7 Å². The summed E-state index contributed by atoms with van der Waals surface area (Å²) in [4.78, 5) is 12.8. The summed E-state index contributed by atoms with van der Waals surface area (Å²) < 4.78 is 2.15. The zero-order valence-corrected chi connectivity index (χ0v) is 18.1. The maximum absolute atomic E-state index is 10.9. The van der Waals surface area contributed by atoms with Gasteiger partial charge in [0.2, 0.25) is 0 Å². The Labute approximate surface area is 177 Å². The Morgan fingerprint density at radius 2 is 1.15 bits per heavy atom. The molecule has 0 radical (unpaired) electrons. The van der Waals surface area contributed by atoms with Gasteiger partial charge >= 0.3 is 0 Å². The second-order valence-corrected chi connectivity index (χ2v) is 9.81. The van der Waals surface area contributed by atoms with Gasteiger partial charge in [0.15, 0.2) is 0 Å². The van der Waals surface area contributed by atoms with Gasteiger partial charge in [-0.3, -0.25) is 10.1 Å². The first-order valence-electron chi connectivity index (χ1n) is 7.60. The van der Waals surface area contributed by atoms with Crippen molar-refractivity contribution >= 4 is 61.1 Å². The average molecular weight is 511 g/mol. The van der Waals surface area contributed by atoms with Crippen LogP contribution in [0, 0.1) is 10.1 Å². The molecule has 3 rings (SSSR count). The van der Waals surface area contributed by atoms with Crippen LogP contribution in [-0.2, 0) is 0 Å². The van der Waals surface area contributed by atoms with Crippen molar-refractivity contribution in [2.45, 2.75) is 14.4 Å². The van der Waals surface area contributed by atoms with Gasteiger partial charge in [-0.2, -0.15) is 0 Å². The summed E-state index contributed by atoms with van der Waals surface area (Å²) in [6.07, 6.45) is 0. The Morgan fingerprint density at radius 3 is 1.54 bits per heavy atom. The molecule has 0 fully saturated rings. The predicted molar refractivity (Wildman–Crippen MR) is 116 cm³/mol. The lowest BCUT2D eigenvalue weighted by molar-refractivity contribution is -0.384. The highest BCUT2D eigenvalue weighted by Gasteiger charge is 2.17. The van der Waals surface area contributed by atoms with Crippen molar-refractivity contribution in [3.63, 3.8) is 0 Å². The van der Waals surface area contributed by atoms with Gasteiger partial charge in [0.25, 0.3) is 5.69 Å². The molecule has 132 valence electrons. The number of nitro benzene ring substituents is 1. The maximum atomic E-state index is 10.9. The number of rotatable bonds is 6. The van der Waals surface area contributed by atoms with Crippen molar-refractivity contribution in [1.29, 1.82) is 0 Å². The lowest BCUT2D eigenvalue weighted by atomic mass is 10.2. The minimum atomic E-state index is -0.373. The van der Waals surface area contributed by atoms with Gasteiger partial charge < -0.3 is 0 Å². The third-order valence-electron chi connectivity index (χ3n) is 3.49. The smallest absolute Gasteiger partial charge is 0.258 e. The van der Waals surface area contributed by atoms with E-state index in [9.17, 15) is 10.1 Å². The average Bonchev–Trinajstić information content (AvgIpc) is 2.65. The standard InChI is InChI=1S/C19H13Br2NO2S2/c20-14-3-9-17(10-4-14)25-19(26-18-11-5-15(21)6-12-18)13-1-7-16(8-2-13)22(23)24/h1-12,19H. The Bertz CT molecular complexity index is 837. The lowest BCUT2D eigenvalue weighted by Crippen LogP contribution is -1.92. The van der Waals surface area contributed by atoms with Crippen LogP contribution < -0.4 is 0 Å². The van der Waals surface area contributed by atoms with E-state index < -0.39 is 0 Å². The molecule has 0 saturated heterocycles. The number of hydrogen-bond acceptors (Lipinski definition) is 4. The summed E-state index contributed by atoms with van der Waals surface area (Å²) in [6, 6.07) is 23.1. The number of benzene rings is 3. The molecule has 0 bridgehead atoms. The van der Waals surface area contributed by atoms with Crippen molar-refractivity contribution in [3.05, 3.63) is 97.4 Å². The van der Waals surface area contributed by atoms with Gasteiger partial charge in [-0.25, -0.2) is 0 Å². The molecule has 7 heteroatoms. The Balaban J connectivity index is 1.87. The number of nitrogens with zero attached hydrogens (tertiary/aromatic N) is 1. The van der Waals surface area contributed by atoms with Gasteiger partial charge in [0.1, 0.15) is 0 Å². The first-order chi connectivity index (χ1) is 12.5. The molecule has 26 heavy (non-hydrogen) atoms. The fourth-order valence-electron chi connectivity index (χ4n) is 2.19. The molecule has 0 spiro atoms. The van der Waals surface area contributed by atoms with E-state index in [0.29, 0.717) is 0 Å². The monoisotopic (exact) mass is 509 g/mol. The molecule has 0 aliphatic carbocycles. The van der Waals surface area contributed by atoms with Crippen LogP contribution in [0.25, 0.3) is 0 Å². The van der Waals surface area contributed by atoms with Crippen molar-refractivity contribution in [1.82, 2.24) is 0 Å². The van der Waals surface area contributed by atoms with Crippen LogP contribution in [0.2, 0.25) is 0 Å². The topological polar surface area (TPSA) is 43.1 Å². The summed E-state index contributed by atoms with van der Waals surface area (Å²) in [5, 5.41) is 10.9. The molecule has 3 nitrogen and oxygen atoms in total. The van der Waals surface area contributed by atoms with E-state index in [1.165, 1.54) is 0 Å². The number of thioether (sulfide) groups is 2. The second kappa shape index (κ2) is 9.08. The third kappa shape index (κ3) is 5.36. The van der Waals surface area contributed by atoms with Gasteiger partial charge in [-0.05, 0) is 54.1 Å². The Hall–Kier alpha value is -1.28. The Morgan fingerprint density at radius 1 is 0.731 bits per heavy atom. The summed E-state index contributed by atoms with van der Waals surface area (Å²) in [5.74, 6) is 0. The van der Waals surface area contributed by atoms with Crippen LogP contribution in [-0.4, -0.2) is 4.92 Å². The minimum Gasteiger partial charge on any atom is -0.258 e. The van der Waals surface area contributed by atoms with Crippen LogP contribution in [0.4, 0.5) is 5.69 Å². The third-order valence-corrected chi connectivity index (χ3v) is 7.19. The summed E-state index contributed by atoms with van der Waals surface area (Å²) in [7, 11) is 0. The highest BCUT2D eigenvalue weighted by atomic mass is 79.9. The van der Waals surface area contributed by atoms with Crippen LogP contribution in [0.5, 0.6) is 0 Å². The molecule has 0 aliphatic rings. The van der Waals surface area contributed by atoms with Crippen molar-refractivity contribution in [3.8, 4) is 0 Å². The molecule has 0 amide bonds. The normalized spacial score (nSPS) is 10.9. The highest BCUT2D eigenvalue weighted by molar-refractivity contribution is 9.10. The molecule has 0 N–H and O–H groups in total. The van der Waals surface area contributed by atoms with E-state index >= 15 is 0 Å². The van der Waals surface area contributed by atoms with Gasteiger partial charge in [0, 0.05) is 30.9 Å². The van der Waals surface area contributed by atoms with E-state index in [0.717, 1.165) is 24.3 Å². The van der Waals surface area contributed by atoms with Gasteiger partial charge in [-0.1, -0.05) is 44.0 Å². The van der Waals surface area contributed by atoms with Gasteiger partial charge in [0.05, 0.1) is 9.51 Å². The number of nitro groups is 1. The number of hydrogen-bond donors (Lipinski definition) is 0. The summed E-state index contributed by atoms with van der Waals surface area (Å²) >= 11 is 10.4. The zero-order chi connectivity index (χ0) is 18.5. The molecule has 0 aliphatic heterocycles. The quantitative estimate of drug-likeness (QED) is 0.147. The van der Waals surface area contributed by atoms with Crippen molar-refractivity contribution < 1.29 is 4.92 Å². The van der Waals surface area contributed by atoms with Crippen LogP contribution in [0.1, 0.15) is 10.1 Å². The molecular formula is C19H13Br2NO2S2. The second-order valence-electron chi connectivity index (χ2n) is 5.32. The first kappa shape index (κ1) is 19.5.